The molecule has 1 aromatic heterocycles. The van der Waals surface area contributed by atoms with Gasteiger partial charge in [-0.15, -0.1) is 0 Å². The largest absolute Gasteiger partial charge is 0.366 e. The molecule has 2 aromatic carbocycles. The average molecular weight is 600 g/mol. The van der Waals surface area contributed by atoms with Crippen LogP contribution in [0.5, 0.6) is 0 Å². The third kappa shape index (κ3) is 6.94. The van der Waals surface area contributed by atoms with Crippen LogP contribution in [0.3, 0.4) is 0 Å². The minimum atomic E-state index is -0.755. The molecule has 1 amide bonds. The van der Waals surface area contributed by atoms with Crippen LogP contribution < -0.4 is 10.6 Å². The van der Waals surface area contributed by atoms with Gasteiger partial charge in [0.2, 0.25) is 0 Å². The summed E-state index contributed by atoms with van der Waals surface area (Å²) in [6.07, 6.45) is 3.63. The molecule has 0 saturated carbocycles. The second kappa shape index (κ2) is 13.4. The third-order valence-corrected chi connectivity index (χ3v) is 9.16. The number of primary amides is 1. The van der Waals surface area contributed by atoms with Crippen LogP contribution in [-0.2, 0) is 28.2 Å². The Labute approximate surface area is 259 Å². The Balaban J connectivity index is 1.28. The smallest absolute Gasteiger partial charge is 0.250 e. The van der Waals surface area contributed by atoms with Gasteiger partial charge in [-0.25, -0.2) is 4.39 Å². The van der Waals surface area contributed by atoms with Gasteiger partial charge in [-0.1, -0.05) is 12.1 Å². The lowest BCUT2D eigenvalue weighted by molar-refractivity contribution is -0.149. The Bertz CT molecular complexity index is 1500. The number of nitriles is 1. The van der Waals surface area contributed by atoms with Crippen LogP contribution in [0.1, 0.15) is 77.1 Å². The zero-order chi connectivity index (χ0) is 31.4. The molecule has 3 heterocycles. The van der Waals surface area contributed by atoms with Gasteiger partial charge in [0.1, 0.15) is 5.82 Å². The average Bonchev–Trinajstić information content (AvgIpc) is 3.46. The lowest BCUT2D eigenvalue weighted by Crippen LogP contribution is -2.47. The first-order valence-corrected chi connectivity index (χ1v) is 15.4. The molecule has 9 heteroatoms. The number of aromatic nitrogens is 1. The zero-order valence-electron chi connectivity index (χ0n) is 26.1. The van der Waals surface area contributed by atoms with Crippen molar-refractivity contribution in [2.75, 3.05) is 31.2 Å². The molecule has 2 aliphatic heterocycles. The molecule has 8 nitrogen and oxygen atoms in total. The first-order chi connectivity index (χ1) is 21.1. The number of nitrogens with two attached hydrogens (primary N) is 1. The van der Waals surface area contributed by atoms with Crippen molar-refractivity contribution in [1.29, 1.82) is 5.26 Å². The molecule has 0 unspecified atom stereocenters. The fourth-order valence-electron chi connectivity index (χ4n) is 6.61. The fraction of sp³-hybridized carbons (Fsp3) is 0.457. The van der Waals surface area contributed by atoms with Gasteiger partial charge in [-0.3, -0.25) is 9.78 Å². The Morgan fingerprint density at radius 1 is 1.16 bits per heavy atom. The van der Waals surface area contributed by atoms with E-state index in [-0.39, 0.29) is 11.9 Å². The minimum absolute atomic E-state index is 0.206. The summed E-state index contributed by atoms with van der Waals surface area (Å²) in [4.78, 5) is 21.2. The Hall–Kier alpha value is -3.84. The summed E-state index contributed by atoms with van der Waals surface area (Å²) < 4.78 is 26.7. The summed E-state index contributed by atoms with van der Waals surface area (Å²) in [6.45, 7) is 11.3. The molecule has 44 heavy (non-hydrogen) atoms. The Kier molecular flexibility index (Phi) is 9.64. The van der Waals surface area contributed by atoms with E-state index in [0.717, 1.165) is 61.3 Å². The number of pyridine rings is 1. The molecular formula is C35H42FN5O3. The van der Waals surface area contributed by atoms with Crippen molar-refractivity contribution >= 4 is 11.6 Å². The zero-order valence-corrected chi connectivity index (χ0v) is 26.1. The van der Waals surface area contributed by atoms with Gasteiger partial charge in [-0.05, 0) is 95.3 Å². The highest BCUT2D eigenvalue weighted by molar-refractivity contribution is 5.95. The molecule has 2 fully saturated rings. The summed E-state index contributed by atoms with van der Waals surface area (Å²) in [6, 6.07) is 17.4. The van der Waals surface area contributed by atoms with Crippen molar-refractivity contribution < 1.29 is 18.7 Å². The van der Waals surface area contributed by atoms with E-state index < -0.39 is 11.7 Å². The van der Waals surface area contributed by atoms with Crippen molar-refractivity contribution in [3.8, 4) is 6.07 Å². The number of nitrogens with zero attached hydrogens (tertiary/aromatic N) is 4. The SMILES string of the molecule is Cc1cc(CC[C@@H](C)N2CCC(N(Cc3cc(C#N)ccc3F)c3ccc(C4(C)OCCO4)cc3)CC2)nc(C)c1C(N)=O. The van der Waals surface area contributed by atoms with Gasteiger partial charge in [0, 0.05) is 54.2 Å². The van der Waals surface area contributed by atoms with Gasteiger partial charge in [0.25, 0.3) is 5.91 Å². The van der Waals surface area contributed by atoms with E-state index in [1.807, 2.05) is 39.0 Å². The molecular weight excluding hydrogens is 557 g/mol. The molecule has 3 aromatic rings. The molecule has 0 radical (unpaired) electrons. The maximum atomic E-state index is 15.0. The van der Waals surface area contributed by atoms with E-state index in [1.54, 1.807) is 6.07 Å². The van der Waals surface area contributed by atoms with Crippen LogP contribution in [0, 0.1) is 31.0 Å². The van der Waals surface area contributed by atoms with Crippen LogP contribution in [0.25, 0.3) is 0 Å². The first kappa shape index (κ1) is 31.6. The number of amides is 1. The Morgan fingerprint density at radius 2 is 1.84 bits per heavy atom. The molecule has 0 bridgehead atoms. The van der Waals surface area contributed by atoms with Crippen LogP contribution in [-0.4, -0.2) is 54.2 Å². The Morgan fingerprint density at radius 3 is 2.45 bits per heavy atom. The number of halogens is 1. The molecule has 0 spiro atoms. The lowest BCUT2D eigenvalue weighted by Gasteiger charge is -2.42. The van der Waals surface area contributed by atoms with Crippen LogP contribution in [0.2, 0.25) is 0 Å². The summed E-state index contributed by atoms with van der Waals surface area (Å²) in [5, 5.41) is 9.43. The molecule has 2 saturated heterocycles. The number of hydrogen-bond donors (Lipinski definition) is 1. The number of piperidine rings is 1. The highest BCUT2D eigenvalue weighted by atomic mass is 19.1. The summed E-state index contributed by atoms with van der Waals surface area (Å²) >= 11 is 0. The van der Waals surface area contributed by atoms with Gasteiger partial charge >= 0.3 is 0 Å². The van der Waals surface area contributed by atoms with Crippen LogP contribution in [0.4, 0.5) is 10.1 Å². The summed E-state index contributed by atoms with van der Waals surface area (Å²) in [7, 11) is 0. The quantitative estimate of drug-likeness (QED) is 0.327. The van der Waals surface area contributed by atoms with Crippen LogP contribution in [0.15, 0.2) is 48.5 Å². The number of carbonyl (C=O) groups excluding carboxylic acids is 1. The fourth-order valence-corrected chi connectivity index (χ4v) is 6.61. The second-order valence-electron chi connectivity index (χ2n) is 12.1. The van der Waals surface area contributed by atoms with Gasteiger partial charge < -0.3 is 25.0 Å². The van der Waals surface area contributed by atoms with Crippen molar-refractivity contribution in [2.24, 2.45) is 5.73 Å². The maximum absolute atomic E-state index is 15.0. The number of rotatable bonds is 10. The van der Waals surface area contributed by atoms with Gasteiger partial charge in [0.05, 0.1) is 36.1 Å². The highest BCUT2D eigenvalue weighted by Gasteiger charge is 2.34. The molecule has 1 atom stereocenters. The van der Waals surface area contributed by atoms with E-state index in [4.69, 9.17) is 15.2 Å². The van der Waals surface area contributed by atoms with E-state index >= 15 is 0 Å². The normalized spacial score (nSPS) is 17.7. The van der Waals surface area contributed by atoms with Crippen molar-refractivity contribution in [1.82, 2.24) is 9.88 Å². The van der Waals surface area contributed by atoms with E-state index in [1.165, 1.54) is 12.1 Å². The van der Waals surface area contributed by atoms with E-state index in [2.05, 4.69) is 39.9 Å². The second-order valence-corrected chi connectivity index (χ2v) is 12.1. The molecule has 5 rings (SSSR count). The number of likely N-dealkylation sites (tertiary alicyclic amines) is 1. The minimum Gasteiger partial charge on any atom is -0.366 e. The molecule has 2 N–H and O–H groups in total. The van der Waals surface area contributed by atoms with Crippen molar-refractivity contribution in [3.63, 3.8) is 0 Å². The predicted molar refractivity (Wildman–Crippen MR) is 168 cm³/mol. The topological polar surface area (TPSA) is 105 Å². The number of carbonyl (C=O) groups is 1. The van der Waals surface area contributed by atoms with Gasteiger partial charge in [0.15, 0.2) is 5.79 Å². The molecule has 2 aliphatic rings. The predicted octanol–water partition coefficient (Wildman–Crippen LogP) is 5.52. The molecule has 232 valence electrons. The van der Waals surface area contributed by atoms with Crippen molar-refractivity contribution in [3.05, 3.63) is 93.6 Å². The van der Waals surface area contributed by atoms with Crippen molar-refractivity contribution in [2.45, 2.75) is 77.8 Å². The number of aryl methyl sites for hydroxylation is 3. The lowest BCUT2D eigenvalue weighted by atomic mass is 9.97. The maximum Gasteiger partial charge on any atom is 0.250 e. The number of ether oxygens (including phenoxy) is 2. The number of hydrogen-bond acceptors (Lipinski definition) is 7. The standard InChI is InChI=1S/C35H42FN5O3/c1-23-19-29(39-25(3)33(23)34(38)42)9-5-24(2)40-15-13-31(14-16-40)41(22-27-20-26(21-37)6-12-32(27)36)30-10-7-28(8-11-30)35(4)43-17-18-44-35/h6-8,10-12,19-20,24,31H,5,9,13-18,22H2,1-4H3,(H2,38,42)/t24-/m1/s1. The van der Waals surface area contributed by atoms with E-state index in [0.29, 0.717) is 48.2 Å². The summed E-state index contributed by atoms with van der Waals surface area (Å²) in [5.41, 5.74) is 11.5. The summed E-state index contributed by atoms with van der Waals surface area (Å²) in [5.74, 6) is -1.50. The number of anilines is 1. The first-order valence-electron chi connectivity index (χ1n) is 15.4. The van der Waals surface area contributed by atoms with E-state index in [9.17, 15) is 14.4 Å². The molecule has 0 aliphatic carbocycles. The van der Waals surface area contributed by atoms with Gasteiger partial charge in [-0.2, -0.15) is 5.26 Å². The number of benzene rings is 2. The third-order valence-electron chi connectivity index (χ3n) is 9.16. The monoisotopic (exact) mass is 599 g/mol. The van der Waals surface area contributed by atoms with Crippen LogP contribution >= 0.6 is 0 Å². The highest BCUT2D eigenvalue weighted by Crippen LogP contribution is 2.34.